The lowest BCUT2D eigenvalue weighted by Crippen LogP contribution is -2.35. The third kappa shape index (κ3) is 2.50. The summed E-state index contributed by atoms with van der Waals surface area (Å²) in [5.41, 5.74) is 1.24. The van der Waals surface area contributed by atoms with Crippen LogP contribution in [0.2, 0.25) is 0 Å². The van der Waals surface area contributed by atoms with Crippen molar-refractivity contribution in [3.63, 3.8) is 0 Å². The Bertz CT molecular complexity index is 376. The van der Waals surface area contributed by atoms with Crippen molar-refractivity contribution in [3.8, 4) is 0 Å². The van der Waals surface area contributed by atoms with E-state index in [1.165, 1.54) is 5.56 Å². The van der Waals surface area contributed by atoms with Gasteiger partial charge in [0, 0.05) is 11.0 Å². The highest BCUT2D eigenvalue weighted by Gasteiger charge is 2.12. The Morgan fingerprint density at radius 3 is 2.93 bits per heavy atom. The van der Waals surface area contributed by atoms with Crippen LogP contribution in [0.5, 0.6) is 0 Å². The Hall–Kier alpha value is -1.03. The maximum absolute atomic E-state index is 4.31. The molecule has 0 amide bonds. The van der Waals surface area contributed by atoms with Gasteiger partial charge in [-0.05, 0) is 18.6 Å². The monoisotopic (exact) mass is 267 g/mol. The fourth-order valence-electron chi connectivity index (χ4n) is 1.60. The molecule has 1 aromatic rings. The van der Waals surface area contributed by atoms with Crippen LogP contribution in [0.1, 0.15) is 18.5 Å². The number of hydrogen-bond donors (Lipinski definition) is 2. The first-order valence-corrected chi connectivity index (χ1v) is 5.86. The van der Waals surface area contributed by atoms with Crippen LogP contribution in [-0.2, 0) is 0 Å². The van der Waals surface area contributed by atoms with Crippen molar-refractivity contribution in [1.29, 1.82) is 0 Å². The van der Waals surface area contributed by atoms with Crippen LogP contribution in [0, 0.1) is 0 Å². The van der Waals surface area contributed by atoms with E-state index in [-0.39, 0.29) is 6.04 Å². The minimum Gasteiger partial charge on any atom is -0.355 e. The first kappa shape index (κ1) is 10.5. The molecule has 0 saturated heterocycles. The Morgan fingerprint density at radius 2 is 2.27 bits per heavy atom. The van der Waals surface area contributed by atoms with E-state index in [0.717, 1.165) is 23.5 Å². The van der Waals surface area contributed by atoms with Gasteiger partial charge in [-0.25, -0.2) is 0 Å². The second kappa shape index (κ2) is 4.66. The van der Waals surface area contributed by atoms with Gasteiger partial charge in [0.25, 0.3) is 0 Å². The molecule has 0 saturated carbocycles. The van der Waals surface area contributed by atoms with Gasteiger partial charge in [0.15, 0.2) is 5.96 Å². The summed E-state index contributed by atoms with van der Waals surface area (Å²) < 4.78 is 1.13. The fraction of sp³-hybridized carbons (Fsp3) is 0.364. The number of aliphatic imine (C=N–C) groups is 1. The summed E-state index contributed by atoms with van der Waals surface area (Å²) in [5.74, 6) is 0.901. The largest absolute Gasteiger partial charge is 0.355 e. The SMILES string of the molecule is C[C@@H](NC1=NCCN1)c1ccccc1Br. The zero-order chi connectivity index (χ0) is 10.7. The zero-order valence-electron chi connectivity index (χ0n) is 8.63. The van der Waals surface area contributed by atoms with Crippen LogP contribution in [0.25, 0.3) is 0 Å². The number of rotatable bonds is 2. The number of nitrogens with zero attached hydrogens (tertiary/aromatic N) is 1. The van der Waals surface area contributed by atoms with E-state index in [4.69, 9.17) is 0 Å². The number of halogens is 1. The van der Waals surface area contributed by atoms with Crippen molar-refractivity contribution in [2.24, 2.45) is 4.99 Å². The predicted octanol–water partition coefficient (Wildman–Crippen LogP) is 2.06. The van der Waals surface area contributed by atoms with Gasteiger partial charge < -0.3 is 10.6 Å². The summed E-state index contributed by atoms with van der Waals surface area (Å²) in [6.07, 6.45) is 0. The molecule has 3 nitrogen and oxygen atoms in total. The Kier molecular flexibility index (Phi) is 3.26. The van der Waals surface area contributed by atoms with Gasteiger partial charge in [-0.2, -0.15) is 0 Å². The molecular formula is C11H14BrN3. The molecule has 0 aromatic heterocycles. The van der Waals surface area contributed by atoms with E-state index >= 15 is 0 Å². The normalized spacial score (nSPS) is 16.8. The lowest BCUT2D eigenvalue weighted by molar-refractivity contribution is 0.699. The molecule has 0 fully saturated rings. The first-order valence-electron chi connectivity index (χ1n) is 5.06. The van der Waals surface area contributed by atoms with Crippen molar-refractivity contribution < 1.29 is 0 Å². The molecule has 4 heteroatoms. The summed E-state index contributed by atoms with van der Waals surface area (Å²) in [6, 6.07) is 8.48. The average molecular weight is 268 g/mol. The standard InChI is InChI=1S/C11H14BrN3/c1-8(15-11-13-6-7-14-11)9-4-2-3-5-10(9)12/h2-5,8H,6-7H2,1H3,(H2,13,14,15)/t8-/m1/s1. The van der Waals surface area contributed by atoms with Crippen LogP contribution in [0.4, 0.5) is 0 Å². The van der Waals surface area contributed by atoms with Crippen molar-refractivity contribution in [3.05, 3.63) is 34.3 Å². The minimum atomic E-state index is 0.255. The molecule has 2 N–H and O–H groups in total. The van der Waals surface area contributed by atoms with E-state index in [9.17, 15) is 0 Å². The average Bonchev–Trinajstić information content (AvgIpc) is 2.71. The molecule has 80 valence electrons. The van der Waals surface area contributed by atoms with Crippen LogP contribution in [-0.4, -0.2) is 19.0 Å². The predicted molar refractivity (Wildman–Crippen MR) is 66.0 cm³/mol. The van der Waals surface area contributed by atoms with E-state index in [2.05, 4.69) is 50.6 Å². The Labute approximate surface area is 98.1 Å². The van der Waals surface area contributed by atoms with Gasteiger partial charge in [0.1, 0.15) is 0 Å². The van der Waals surface area contributed by atoms with Gasteiger partial charge >= 0.3 is 0 Å². The van der Waals surface area contributed by atoms with E-state index < -0.39 is 0 Å². The number of guanidine groups is 1. The molecule has 0 aliphatic carbocycles. The van der Waals surface area contributed by atoms with Crippen molar-refractivity contribution in [1.82, 2.24) is 10.6 Å². The van der Waals surface area contributed by atoms with Crippen molar-refractivity contribution in [2.75, 3.05) is 13.1 Å². The molecule has 0 bridgehead atoms. The molecule has 1 heterocycles. The molecule has 1 aliphatic heterocycles. The second-order valence-corrected chi connectivity index (χ2v) is 4.40. The lowest BCUT2D eigenvalue weighted by atomic mass is 10.1. The molecule has 1 aromatic carbocycles. The quantitative estimate of drug-likeness (QED) is 0.861. The summed E-state index contributed by atoms with van der Waals surface area (Å²) in [5, 5.41) is 6.55. The highest BCUT2D eigenvalue weighted by Crippen LogP contribution is 2.22. The fourth-order valence-corrected chi connectivity index (χ4v) is 2.23. The topological polar surface area (TPSA) is 36.4 Å². The molecule has 1 aliphatic rings. The van der Waals surface area contributed by atoms with Crippen LogP contribution in [0.15, 0.2) is 33.7 Å². The van der Waals surface area contributed by atoms with Gasteiger partial charge in [-0.15, -0.1) is 0 Å². The third-order valence-electron chi connectivity index (χ3n) is 2.40. The summed E-state index contributed by atoms with van der Waals surface area (Å²) >= 11 is 3.55. The summed E-state index contributed by atoms with van der Waals surface area (Å²) in [4.78, 5) is 4.31. The Balaban J connectivity index is 2.07. The maximum Gasteiger partial charge on any atom is 0.191 e. The third-order valence-corrected chi connectivity index (χ3v) is 3.12. The van der Waals surface area contributed by atoms with Crippen molar-refractivity contribution >= 4 is 21.9 Å². The smallest absolute Gasteiger partial charge is 0.191 e. The molecule has 2 rings (SSSR count). The maximum atomic E-state index is 4.31. The number of benzene rings is 1. The van der Waals surface area contributed by atoms with E-state index in [0.29, 0.717) is 0 Å². The van der Waals surface area contributed by atoms with E-state index in [1.54, 1.807) is 0 Å². The highest BCUT2D eigenvalue weighted by molar-refractivity contribution is 9.10. The Morgan fingerprint density at radius 1 is 1.47 bits per heavy atom. The van der Waals surface area contributed by atoms with Crippen LogP contribution in [0.3, 0.4) is 0 Å². The van der Waals surface area contributed by atoms with E-state index in [1.807, 2.05) is 12.1 Å². The summed E-state index contributed by atoms with van der Waals surface area (Å²) in [7, 11) is 0. The highest BCUT2D eigenvalue weighted by atomic mass is 79.9. The molecule has 0 unspecified atom stereocenters. The van der Waals surface area contributed by atoms with Crippen molar-refractivity contribution in [2.45, 2.75) is 13.0 Å². The van der Waals surface area contributed by atoms with Crippen LogP contribution < -0.4 is 10.6 Å². The molecule has 15 heavy (non-hydrogen) atoms. The van der Waals surface area contributed by atoms with Crippen LogP contribution >= 0.6 is 15.9 Å². The molecule has 1 atom stereocenters. The first-order chi connectivity index (χ1) is 7.27. The van der Waals surface area contributed by atoms with Gasteiger partial charge in [-0.1, -0.05) is 34.1 Å². The molecular weight excluding hydrogens is 254 g/mol. The zero-order valence-corrected chi connectivity index (χ0v) is 10.2. The molecule has 0 spiro atoms. The number of nitrogens with one attached hydrogen (secondary N) is 2. The summed E-state index contributed by atoms with van der Waals surface area (Å²) in [6.45, 7) is 3.93. The van der Waals surface area contributed by atoms with Gasteiger partial charge in [0.2, 0.25) is 0 Å². The lowest BCUT2D eigenvalue weighted by Gasteiger charge is -2.16. The second-order valence-electron chi connectivity index (χ2n) is 3.54. The van der Waals surface area contributed by atoms with Gasteiger partial charge in [0.05, 0.1) is 12.6 Å². The molecule has 0 radical (unpaired) electrons. The van der Waals surface area contributed by atoms with Gasteiger partial charge in [-0.3, -0.25) is 4.99 Å². The number of hydrogen-bond acceptors (Lipinski definition) is 3. The minimum absolute atomic E-state index is 0.255.